The van der Waals surface area contributed by atoms with Crippen LogP contribution in [0.1, 0.15) is 123 Å². The topological polar surface area (TPSA) is 29.1 Å². The molecule has 0 saturated heterocycles. The lowest BCUT2D eigenvalue weighted by atomic mass is 9.37. The summed E-state index contributed by atoms with van der Waals surface area (Å²) >= 11 is 0. The Kier molecular flexibility index (Phi) is 8.09. The molecule has 1 aromatic carbocycles. The van der Waals surface area contributed by atoms with Crippen molar-refractivity contribution in [1.82, 2.24) is 5.32 Å². The summed E-state index contributed by atoms with van der Waals surface area (Å²) in [4.78, 5) is 12.8. The first kappa shape index (κ1) is 26.7. The summed E-state index contributed by atoms with van der Waals surface area (Å²) < 4.78 is 0. The molecule has 1 amide bonds. The number of carbonyl (C=O) groups is 1. The van der Waals surface area contributed by atoms with Crippen molar-refractivity contribution in [2.45, 2.75) is 112 Å². The van der Waals surface area contributed by atoms with Crippen LogP contribution in [0.5, 0.6) is 0 Å². The van der Waals surface area contributed by atoms with E-state index in [-0.39, 0.29) is 5.91 Å². The van der Waals surface area contributed by atoms with Crippen LogP contribution in [0.25, 0.3) is 0 Å². The minimum Gasteiger partial charge on any atom is -0.352 e. The van der Waals surface area contributed by atoms with Gasteiger partial charge in [0, 0.05) is 12.1 Å². The molecule has 4 aliphatic carbocycles. The Balaban J connectivity index is 0.00000141. The smallest absolute Gasteiger partial charge is 0.251 e. The quantitative estimate of drug-likeness (QED) is 0.459. The van der Waals surface area contributed by atoms with E-state index in [4.69, 9.17) is 0 Å². The number of fused-ring (bicyclic) bond motifs is 5. The third kappa shape index (κ3) is 4.50. The van der Waals surface area contributed by atoms with E-state index in [1.54, 1.807) is 0 Å². The molecular weight excluding hydrogens is 426 g/mol. The second-order valence-electron chi connectivity index (χ2n) is 13.1. The van der Waals surface area contributed by atoms with E-state index < -0.39 is 0 Å². The predicted molar refractivity (Wildman–Crippen MR) is 148 cm³/mol. The fraction of sp³-hybridized carbons (Fsp3) is 0.788. The zero-order valence-electron chi connectivity index (χ0n) is 23.7. The number of rotatable bonds is 4. The van der Waals surface area contributed by atoms with Crippen LogP contribution >= 0.6 is 0 Å². The number of nitrogens with one attached hydrogen (secondary N) is 1. The van der Waals surface area contributed by atoms with E-state index in [0.717, 1.165) is 35.8 Å². The number of amides is 1. The first-order chi connectivity index (χ1) is 16.8. The molecular formula is C33H53NO. The summed E-state index contributed by atoms with van der Waals surface area (Å²) in [5.74, 6) is 4.34. The molecule has 4 saturated carbocycles. The van der Waals surface area contributed by atoms with Crippen molar-refractivity contribution in [2.24, 2.45) is 45.8 Å². The van der Waals surface area contributed by atoms with Crippen molar-refractivity contribution in [1.29, 1.82) is 0 Å². The summed E-state index contributed by atoms with van der Waals surface area (Å²) in [5.41, 5.74) is 2.33. The van der Waals surface area contributed by atoms with Gasteiger partial charge in [0.2, 0.25) is 0 Å². The molecule has 4 fully saturated rings. The molecule has 196 valence electrons. The standard InChI is InChI=1S/C31H47NO.C2H6/c1-5-31-19-14-22(2)20-29(31,3)17-15-25-26-13-9-12-24(30(26,4)18-16-27(25)31)21-32-28(33)23-10-7-6-8-11-23;1-2/h6-8,10-11,22,24-27H,5,9,12-21H2,1-4H3,(H,32,33);1-2H3. The van der Waals surface area contributed by atoms with Gasteiger partial charge in [-0.15, -0.1) is 0 Å². The molecule has 35 heavy (non-hydrogen) atoms. The fourth-order valence-corrected chi connectivity index (χ4v) is 10.1. The number of carbonyl (C=O) groups excluding carboxylic acids is 1. The molecule has 8 atom stereocenters. The highest BCUT2D eigenvalue weighted by atomic mass is 16.1. The van der Waals surface area contributed by atoms with Crippen molar-refractivity contribution in [3.8, 4) is 0 Å². The Hall–Kier alpha value is -1.31. The maximum atomic E-state index is 12.8. The van der Waals surface area contributed by atoms with Crippen LogP contribution in [-0.2, 0) is 0 Å². The van der Waals surface area contributed by atoms with E-state index in [1.165, 1.54) is 70.6 Å². The van der Waals surface area contributed by atoms with Gasteiger partial charge < -0.3 is 5.32 Å². The van der Waals surface area contributed by atoms with Crippen LogP contribution in [0.4, 0.5) is 0 Å². The molecule has 0 bridgehead atoms. The third-order valence-electron chi connectivity index (χ3n) is 11.9. The Morgan fingerprint density at radius 3 is 2.40 bits per heavy atom. The van der Waals surface area contributed by atoms with Crippen molar-refractivity contribution < 1.29 is 4.79 Å². The van der Waals surface area contributed by atoms with E-state index >= 15 is 0 Å². The molecule has 5 rings (SSSR count). The number of hydrogen-bond donors (Lipinski definition) is 1. The van der Waals surface area contributed by atoms with Crippen LogP contribution in [-0.4, -0.2) is 12.5 Å². The maximum absolute atomic E-state index is 12.8. The lowest BCUT2D eigenvalue weighted by molar-refractivity contribution is -0.186. The zero-order chi connectivity index (χ0) is 25.3. The highest BCUT2D eigenvalue weighted by Crippen LogP contribution is 2.71. The predicted octanol–water partition coefficient (Wildman–Crippen LogP) is 8.91. The highest BCUT2D eigenvalue weighted by molar-refractivity contribution is 5.94. The van der Waals surface area contributed by atoms with Gasteiger partial charge in [-0.1, -0.05) is 72.6 Å². The largest absolute Gasteiger partial charge is 0.352 e. The number of hydrogen-bond acceptors (Lipinski definition) is 1. The van der Waals surface area contributed by atoms with Gasteiger partial charge in [-0.2, -0.15) is 0 Å². The van der Waals surface area contributed by atoms with Crippen molar-refractivity contribution in [3.63, 3.8) is 0 Å². The van der Waals surface area contributed by atoms with Crippen molar-refractivity contribution in [2.75, 3.05) is 6.54 Å². The van der Waals surface area contributed by atoms with E-state index in [0.29, 0.717) is 22.2 Å². The van der Waals surface area contributed by atoms with Crippen LogP contribution in [0.2, 0.25) is 0 Å². The molecule has 0 aliphatic heterocycles. The summed E-state index contributed by atoms with van der Waals surface area (Å²) in [5, 5.41) is 3.33. The summed E-state index contributed by atoms with van der Waals surface area (Å²) in [6.45, 7) is 15.2. The molecule has 0 radical (unpaired) electrons. The van der Waals surface area contributed by atoms with E-state index in [1.807, 2.05) is 44.2 Å². The average molecular weight is 480 g/mol. The summed E-state index contributed by atoms with van der Waals surface area (Å²) in [7, 11) is 0. The van der Waals surface area contributed by atoms with Crippen molar-refractivity contribution in [3.05, 3.63) is 35.9 Å². The molecule has 8 unspecified atom stereocenters. The van der Waals surface area contributed by atoms with Crippen LogP contribution < -0.4 is 5.32 Å². The molecule has 0 spiro atoms. The SMILES string of the molecule is CC.CCC12CCC(C)CC1(C)CCC1C3CCCC(CNC(=O)c4ccccc4)C3(C)CCC12. The van der Waals surface area contributed by atoms with Gasteiger partial charge in [0.25, 0.3) is 5.91 Å². The second-order valence-corrected chi connectivity index (χ2v) is 13.1. The van der Waals surface area contributed by atoms with Gasteiger partial charge in [-0.05, 0) is 116 Å². The molecule has 4 aliphatic rings. The normalized spacial score (nSPS) is 42.4. The van der Waals surface area contributed by atoms with Gasteiger partial charge in [-0.25, -0.2) is 0 Å². The monoisotopic (exact) mass is 479 g/mol. The minimum absolute atomic E-state index is 0.102. The molecule has 0 aromatic heterocycles. The lowest BCUT2D eigenvalue weighted by Gasteiger charge is -2.68. The van der Waals surface area contributed by atoms with Crippen LogP contribution in [0.15, 0.2) is 30.3 Å². The number of benzene rings is 1. The first-order valence-electron chi connectivity index (χ1n) is 15.2. The van der Waals surface area contributed by atoms with Crippen molar-refractivity contribution >= 4 is 5.91 Å². The Morgan fingerprint density at radius 2 is 1.69 bits per heavy atom. The summed E-state index contributed by atoms with van der Waals surface area (Å²) in [6.07, 6.45) is 15.5. The van der Waals surface area contributed by atoms with Gasteiger partial charge in [0.05, 0.1) is 0 Å². The van der Waals surface area contributed by atoms with Crippen LogP contribution in [0.3, 0.4) is 0 Å². The Bertz CT molecular complexity index is 850. The molecule has 1 N–H and O–H groups in total. The molecule has 2 nitrogen and oxygen atoms in total. The van der Waals surface area contributed by atoms with Gasteiger partial charge in [0.15, 0.2) is 0 Å². The maximum Gasteiger partial charge on any atom is 0.251 e. The van der Waals surface area contributed by atoms with Gasteiger partial charge in [-0.3, -0.25) is 4.79 Å². The van der Waals surface area contributed by atoms with Gasteiger partial charge >= 0.3 is 0 Å². The minimum atomic E-state index is 0.102. The second kappa shape index (κ2) is 10.6. The van der Waals surface area contributed by atoms with Crippen LogP contribution in [0, 0.1) is 45.8 Å². The average Bonchev–Trinajstić information content (AvgIpc) is 2.88. The van der Waals surface area contributed by atoms with E-state index in [9.17, 15) is 4.79 Å². The molecule has 2 heteroatoms. The first-order valence-corrected chi connectivity index (χ1v) is 15.2. The lowest BCUT2D eigenvalue weighted by Crippen LogP contribution is -2.60. The van der Waals surface area contributed by atoms with E-state index in [2.05, 4.69) is 33.0 Å². The molecule has 1 aromatic rings. The highest BCUT2D eigenvalue weighted by Gasteiger charge is 2.63. The van der Waals surface area contributed by atoms with Gasteiger partial charge in [0.1, 0.15) is 0 Å². The molecule has 0 heterocycles. The Labute approximate surface area is 216 Å². The Morgan fingerprint density at radius 1 is 0.943 bits per heavy atom. The fourth-order valence-electron chi connectivity index (χ4n) is 10.1. The third-order valence-corrected chi connectivity index (χ3v) is 11.9. The summed E-state index contributed by atoms with van der Waals surface area (Å²) in [6, 6.07) is 9.76. The zero-order valence-corrected chi connectivity index (χ0v) is 23.7.